The van der Waals surface area contributed by atoms with Gasteiger partial charge in [0.15, 0.2) is 12.4 Å². The van der Waals surface area contributed by atoms with Crippen molar-refractivity contribution in [2.75, 3.05) is 11.9 Å². The largest absolute Gasteiger partial charge is 0.477 e. The van der Waals surface area contributed by atoms with E-state index in [4.69, 9.17) is 4.74 Å². The summed E-state index contributed by atoms with van der Waals surface area (Å²) in [6.07, 6.45) is 2.23. The Hall–Kier alpha value is -2.55. The minimum Gasteiger partial charge on any atom is -0.477 e. The molecule has 1 fully saturated rings. The second-order valence-corrected chi connectivity index (χ2v) is 5.79. The number of benzene rings is 1. The van der Waals surface area contributed by atoms with E-state index in [1.54, 1.807) is 6.07 Å². The molecule has 1 aliphatic rings. The summed E-state index contributed by atoms with van der Waals surface area (Å²) < 4.78 is 5.20. The molecule has 3 rings (SSSR count). The predicted molar refractivity (Wildman–Crippen MR) is 79.1 cm³/mol. The van der Waals surface area contributed by atoms with Crippen molar-refractivity contribution in [2.45, 2.75) is 18.8 Å². The van der Waals surface area contributed by atoms with Gasteiger partial charge in [0.25, 0.3) is 5.91 Å². The number of amides is 1. The number of anilines is 1. The van der Waals surface area contributed by atoms with Crippen LogP contribution in [0.4, 0.5) is 10.8 Å². The van der Waals surface area contributed by atoms with E-state index in [-0.39, 0.29) is 18.0 Å². The fourth-order valence-corrected chi connectivity index (χ4v) is 2.74. The van der Waals surface area contributed by atoms with Gasteiger partial charge in [-0.05, 0) is 18.9 Å². The topological polar surface area (TPSA) is 107 Å². The molecule has 1 amide bonds. The Balaban J connectivity index is 1.56. The van der Waals surface area contributed by atoms with Gasteiger partial charge in [0.2, 0.25) is 5.13 Å². The lowest BCUT2D eigenvalue weighted by atomic mass is 10.3. The molecular weight excluding hydrogens is 308 g/mol. The van der Waals surface area contributed by atoms with Crippen molar-refractivity contribution < 1.29 is 14.5 Å². The van der Waals surface area contributed by atoms with Crippen LogP contribution in [0.1, 0.15) is 23.8 Å². The number of rotatable bonds is 6. The molecule has 0 saturated heterocycles. The third-order valence-electron chi connectivity index (χ3n) is 3.03. The number of ether oxygens (including phenoxy) is 1. The van der Waals surface area contributed by atoms with E-state index >= 15 is 0 Å². The average molecular weight is 320 g/mol. The normalized spacial score (nSPS) is 13.6. The van der Waals surface area contributed by atoms with Crippen molar-refractivity contribution >= 4 is 28.1 Å². The standard InChI is InChI=1S/C13H12N4O4S/c18-11(14-13-16-15-12(22-13)8-5-6-8)7-21-10-4-2-1-3-9(10)17(19)20/h1-4,8H,5-7H2,(H,14,16,18). The number of carbonyl (C=O) groups is 1. The van der Waals surface area contributed by atoms with Crippen LogP contribution < -0.4 is 10.1 Å². The van der Waals surface area contributed by atoms with E-state index in [0.717, 1.165) is 17.8 Å². The van der Waals surface area contributed by atoms with Crippen molar-refractivity contribution in [3.63, 3.8) is 0 Å². The summed E-state index contributed by atoms with van der Waals surface area (Å²) in [6, 6.07) is 5.90. The van der Waals surface area contributed by atoms with Crippen LogP contribution in [0.3, 0.4) is 0 Å². The number of hydrogen-bond acceptors (Lipinski definition) is 7. The first kappa shape index (κ1) is 14.4. The van der Waals surface area contributed by atoms with Crippen molar-refractivity contribution in [1.29, 1.82) is 0 Å². The lowest BCUT2D eigenvalue weighted by molar-refractivity contribution is -0.385. The van der Waals surface area contributed by atoms with Gasteiger partial charge in [-0.3, -0.25) is 20.2 Å². The molecule has 0 spiro atoms. The summed E-state index contributed by atoms with van der Waals surface area (Å²) in [5.41, 5.74) is -0.178. The Morgan fingerprint density at radius 2 is 2.18 bits per heavy atom. The number of nitro benzene ring substituents is 1. The van der Waals surface area contributed by atoms with Gasteiger partial charge in [-0.25, -0.2) is 0 Å². The van der Waals surface area contributed by atoms with E-state index in [2.05, 4.69) is 15.5 Å². The third kappa shape index (κ3) is 3.37. The molecule has 1 N–H and O–H groups in total. The zero-order valence-electron chi connectivity index (χ0n) is 11.4. The van der Waals surface area contributed by atoms with Gasteiger partial charge in [0.05, 0.1) is 4.92 Å². The van der Waals surface area contributed by atoms with Crippen molar-refractivity contribution in [3.8, 4) is 5.75 Å². The first-order valence-electron chi connectivity index (χ1n) is 6.63. The summed E-state index contributed by atoms with van der Waals surface area (Å²) >= 11 is 1.34. The highest BCUT2D eigenvalue weighted by molar-refractivity contribution is 7.15. The smallest absolute Gasteiger partial charge is 0.310 e. The van der Waals surface area contributed by atoms with Crippen LogP contribution in [0, 0.1) is 10.1 Å². The Morgan fingerprint density at radius 1 is 1.41 bits per heavy atom. The van der Waals surface area contributed by atoms with Crippen LogP contribution in [0.5, 0.6) is 5.75 Å². The van der Waals surface area contributed by atoms with E-state index in [1.807, 2.05) is 0 Å². The first-order valence-corrected chi connectivity index (χ1v) is 7.44. The molecular formula is C13H12N4O4S. The maximum atomic E-state index is 11.8. The highest BCUT2D eigenvalue weighted by Gasteiger charge is 2.27. The maximum Gasteiger partial charge on any atom is 0.310 e. The Bertz CT molecular complexity index is 714. The van der Waals surface area contributed by atoms with Crippen molar-refractivity contribution in [1.82, 2.24) is 10.2 Å². The number of nitrogens with zero attached hydrogens (tertiary/aromatic N) is 3. The molecule has 0 aliphatic heterocycles. The molecule has 1 aromatic carbocycles. The first-order chi connectivity index (χ1) is 10.6. The molecule has 22 heavy (non-hydrogen) atoms. The van der Waals surface area contributed by atoms with Gasteiger partial charge in [-0.2, -0.15) is 0 Å². The van der Waals surface area contributed by atoms with Crippen LogP contribution in [0.15, 0.2) is 24.3 Å². The van der Waals surface area contributed by atoms with Gasteiger partial charge < -0.3 is 4.74 Å². The fraction of sp³-hybridized carbons (Fsp3) is 0.308. The quantitative estimate of drug-likeness (QED) is 0.646. The van der Waals surface area contributed by atoms with E-state index < -0.39 is 10.8 Å². The molecule has 9 heteroatoms. The molecule has 0 atom stereocenters. The summed E-state index contributed by atoms with van der Waals surface area (Å²) in [6.45, 7) is -0.330. The van der Waals surface area contributed by atoms with Gasteiger partial charge in [0.1, 0.15) is 5.01 Å². The minimum absolute atomic E-state index is 0.0542. The summed E-state index contributed by atoms with van der Waals surface area (Å²) in [7, 11) is 0. The molecule has 114 valence electrons. The molecule has 0 bridgehead atoms. The Kier molecular flexibility index (Phi) is 3.96. The maximum absolute atomic E-state index is 11.8. The molecule has 8 nitrogen and oxygen atoms in total. The molecule has 2 aromatic rings. The minimum atomic E-state index is -0.556. The van der Waals surface area contributed by atoms with Gasteiger partial charge in [-0.1, -0.05) is 23.5 Å². The van der Waals surface area contributed by atoms with Crippen molar-refractivity contribution in [3.05, 3.63) is 39.4 Å². The number of para-hydroxylation sites is 2. The van der Waals surface area contributed by atoms with Crippen LogP contribution in [-0.2, 0) is 4.79 Å². The highest BCUT2D eigenvalue weighted by Crippen LogP contribution is 2.42. The molecule has 1 saturated carbocycles. The highest BCUT2D eigenvalue weighted by atomic mass is 32.1. The Labute approximate surface area is 129 Å². The van der Waals surface area contributed by atoms with Gasteiger partial charge in [0, 0.05) is 12.0 Å². The van der Waals surface area contributed by atoms with Crippen LogP contribution in [0.25, 0.3) is 0 Å². The second-order valence-electron chi connectivity index (χ2n) is 4.78. The van der Waals surface area contributed by atoms with Crippen LogP contribution >= 0.6 is 11.3 Å². The third-order valence-corrected chi connectivity index (χ3v) is 4.04. The van der Waals surface area contributed by atoms with E-state index in [0.29, 0.717) is 11.0 Å². The molecule has 1 heterocycles. The summed E-state index contributed by atoms with van der Waals surface area (Å²) in [5.74, 6) is 0.0987. The zero-order chi connectivity index (χ0) is 15.5. The summed E-state index contributed by atoms with van der Waals surface area (Å²) in [5, 5.41) is 22.7. The lowest BCUT2D eigenvalue weighted by Gasteiger charge is -2.05. The van der Waals surface area contributed by atoms with Crippen LogP contribution in [-0.4, -0.2) is 27.6 Å². The Morgan fingerprint density at radius 3 is 2.91 bits per heavy atom. The SMILES string of the molecule is O=C(COc1ccccc1[N+](=O)[O-])Nc1nnc(C2CC2)s1. The van der Waals surface area contributed by atoms with Gasteiger partial charge in [-0.15, -0.1) is 10.2 Å². The second kappa shape index (κ2) is 6.06. The van der Waals surface area contributed by atoms with Crippen molar-refractivity contribution in [2.24, 2.45) is 0 Å². The number of nitro groups is 1. The molecule has 1 aliphatic carbocycles. The van der Waals surface area contributed by atoms with E-state index in [1.165, 1.54) is 29.5 Å². The number of hydrogen-bond donors (Lipinski definition) is 1. The fourth-order valence-electron chi connectivity index (χ4n) is 1.81. The number of carbonyl (C=O) groups excluding carboxylic acids is 1. The van der Waals surface area contributed by atoms with Gasteiger partial charge >= 0.3 is 5.69 Å². The molecule has 0 unspecified atom stereocenters. The lowest BCUT2D eigenvalue weighted by Crippen LogP contribution is -2.20. The monoisotopic (exact) mass is 320 g/mol. The number of aromatic nitrogens is 2. The molecule has 1 aromatic heterocycles. The summed E-state index contributed by atoms with van der Waals surface area (Å²) in [4.78, 5) is 22.1. The van der Waals surface area contributed by atoms with Crippen LogP contribution in [0.2, 0.25) is 0 Å². The van der Waals surface area contributed by atoms with E-state index in [9.17, 15) is 14.9 Å². The molecule has 0 radical (unpaired) electrons. The zero-order valence-corrected chi connectivity index (χ0v) is 12.2. The average Bonchev–Trinajstić information content (AvgIpc) is 3.26. The number of nitrogens with one attached hydrogen (secondary N) is 1. The predicted octanol–water partition coefficient (Wildman–Crippen LogP) is 2.34.